The van der Waals surface area contributed by atoms with Gasteiger partial charge in [0.2, 0.25) is 0 Å². The molecule has 0 aromatic carbocycles. The molecule has 4 heteroatoms. The molecule has 0 aromatic rings. The summed E-state index contributed by atoms with van der Waals surface area (Å²) in [6.45, 7) is 9.45. The molecule has 2 N–H and O–H groups in total. The van der Waals surface area contributed by atoms with Gasteiger partial charge in [-0.15, -0.1) is 0 Å². The van der Waals surface area contributed by atoms with Crippen molar-refractivity contribution in [2.45, 2.75) is 104 Å². The van der Waals surface area contributed by atoms with Crippen LogP contribution in [-0.4, -0.2) is 35.0 Å². The minimum absolute atomic E-state index is 0.0212. The van der Waals surface area contributed by atoms with E-state index in [1.165, 1.54) is 25.7 Å². The number of esters is 1. The van der Waals surface area contributed by atoms with Crippen molar-refractivity contribution < 1.29 is 19.7 Å². The fraction of sp³-hybridized carbons (Fsp3) is 0.962. The van der Waals surface area contributed by atoms with Gasteiger partial charge in [-0.1, -0.05) is 20.8 Å². The van der Waals surface area contributed by atoms with Crippen LogP contribution < -0.4 is 0 Å². The second-order valence-corrected chi connectivity index (χ2v) is 11.7. The quantitative estimate of drug-likeness (QED) is 0.617. The van der Waals surface area contributed by atoms with Gasteiger partial charge in [-0.05, 0) is 111 Å². The fourth-order valence-corrected chi connectivity index (χ4v) is 8.94. The molecule has 30 heavy (non-hydrogen) atoms. The van der Waals surface area contributed by atoms with Crippen molar-refractivity contribution in [3.05, 3.63) is 0 Å². The van der Waals surface area contributed by atoms with Gasteiger partial charge in [-0.3, -0.25) is 4.79 Å². The van der Waals surface area contributed by atoms with Gasteiger partial charge in [0.05, 0.1) is 18.8 Å². The summed E-state index contributed by atoms with van der Waals surface area (Å²) in [4.78, 5) is 11.9. The normalized spacial score (nSPS) is 48.9. The van der Waals surface area contributed by atoms with Crippen LogP contribution in [0.3, 0.4) is 0 Å². The van der Waals surface area contributed by atoms with Crippen LogP contribution in [0.25, 0.3) is 0 Å². The first-order valence-corrected chi connectivity index (χ1v) is 12.7. The Hall–Kier alpha value is -0.610. The number of aliphatic hydroxyl groups is 2. The molecule has 4 fully saturated rings. The summed E-state index contributed by atoms with van der Waals surface area (Å²) in [7, 11) is 0. The highest BCUT2D eigenvalue weighted by Gasteiger charge is 2.63. The lowest BCUT2D eigenvalue weighted by molar-refractivity contribution is -0.175. The molecule has 4 rings (SSSR count). The van der Waals surface area contributed by atoms with Crippen LogP contribution in [0.4, 0.5) is 0 Å². The molecule has 0 radical (unpaired) electrons. The van der Waals surface area contributed by atoms with Crippen LogP contribution in [0.2, 0.25) is 0 Å². The number of fused-ring (bicyclic) bond motifs is 5. The Kier molecular flexibility index (Phi) is 6.31. The molecule has 10 atom stereocenters. The van der Waals surface area contributed by atoms with Gasteiger partial charge in [0, 0.05) is 6.42 Å². The largest absolute Gasteiger partial charge is 0.466 e. The minimum Gasteiger partial charge on any atom is -0.466 e. The fourth-order valence-electron chi connectivity index (χ4n) is 8.94. The number of hydrogen-bond donors (Lipinski definition) is 2. The molecule has 0 amide bonds. The van der Waals surface area contributed by atoms with Gasteiger partial charge in [0.15, 0.2) is 0 Å². The molecular weight excluding hydrogens is 376 g/mol. The van der Waals surface area contributed by atoms with Crippen molar-refractivity contribution >= 4 is 5.97 Å². The zero-order chi connectivity index (χ0) is 21.7. The van der Waals surface area contributed by atoms with Gasteiger partial charge in [0.1, 0.15) is 0 Å². The van der Waals surface area contributed by atoms with Crippen LogP contribution >= 0.6 is 0 Å². The van der Waals surface area contributed by atoms with Gasteiger partial charge in [-0.2, -0.15) is 0 Å². The summed E-state index contributed by atoms with van der Waals surface area (Å²) in [5, 5.41) is 21.8. The molecule has 172 valence electrons. The first-order chi connectivity index (χ1) is 14.2. The summed E-state index contributed by atoms with van der Waals surface area (Å²) in [6, 6.07) is 0. The van der Waals surface area contributed by atoms with Gasteiger partial charge < -0.3 is 14.9 Å². The molecule has 0 heterocycles. The third kappa shape index (κ3) is 3.54. The molecule has 0 spiro atoms. The van der Waals surface area contributed by atoms with E-state index in [1.807, 2.05) is 6.92 Å². The van der Waals surface area contributed by atoms with E-state index >= 15 is 0 Å². The SMILES string of the molecule is CCOC(=O)CCC(C)C1CCC2C3CCC4CC(O)CC[C@]4(C)C3CC(O)[C@]12C. The highest BCUT2D eigenvalue weighted by atomic mass is 16.5. The van der Waals surface area contributed by atoms with E-state index in [-0.39, 0.29) is 29.0 Å². The summed E-state index contributed by atoms with van der Waals surface area (Å²) in [5.74, 6) is 3.39. The van der Waals surface area contributed by atoms with Gasteiger partial charge in [0.25, 0.3) is 0 Å². The number of rotatable bonds is 5. The smallest absolute Gasteiger partial charge is 0.305 e. The van der Waals surface area contributed by atoms with Crippen molar-refractivity contribution in [3.8, 4) is 0 Å². The van der Waals surface area contributed by atoms with Crippen molar-refractivity contribution in [2.24, 2.45) is 46.3 Å². The van der Waals surface area contributed by atoms with Crippen LogP contribution in [0, 0.1) is 46.3 Å². The van der Waals surface area contributed by atoms with E-state index in [9.17, 15) is 15.0 Å². The second kappa shape index (κ2) is 8.39. The number of hydrogen-bond acceptors (Lipinski definition) is 4. The van der Waals surface area contributed by atoms with E-state index < -0.39 is 0 Å². The first kappa shape index (κ1) is 22.6. The molecule has 0 bridgehead atoms. The Morgan fingerprint density at radius 1 is 1.07 bits per heavy atom. The molecule has 4 saturated carbocycles. The third-order valence-electron chi connectivity index (χ3n) is 10.6. The lowest BCUT2D eigenvalue weighted by Gasteiger charge is -2.62. The minimum atomic E-state index is -0.247. The highest BCUT2D eigenvalue weighted by molar-refractivity contribution is 5.69. The highest BCUT2D eigenvalue weighted by Crippen LogP contribution is 2.68. The number of carbonyl (C=O) groups is 1. The van der Waals surface area contributed by atoms with E-state index in [4.69, 9.17) is 4.74 Å². The number of carbonyl (C=O) groups excluding carboxylic acids is 1. The molecule has 4 aliphatic carbocycles. The summed E-state index contributed by atoms with van der Waals surface area (Å²) in [6.07, 6.45) is 9.88. The van der Waals surface area contributed by atoms with Crippen molar-refractivity contribution in [3.63, 3.8) is 0 Å². The molecule has 0 saturated heterocycles. The monoisotopic (exact) mass is 420 g/mol. The lowest BCUT2D eigenvalue weighted by atomic mass is 9.43. The number of aliphatic hydroxyl groups excluding tert-OH is 2. The maximum absolute atomic E-state index is 11.9. The zero-order valence-corrected chi connectivity index (χ0v) is 19.6. The van der Waals surface area contributed by atoms with Crippen molar-refractivity contribution in [1.29, 1.82) is 0 Å². The molecule has 4 aliphatic rings. The number of ether oxygens (including phenoxy) is 1. The van der Waals surface area contributed by atoms with E-state index in [0.717, 1.165) is 38.0 Å². The zero-order valence-electron chi connectivity index (χ0n) is 19.6. The molecule has 4 nitrogen and oxygen atoms in total. The summed E-state index contributed by atoms with van der Waals surface area (Å²) >= 11 is 0. The Balaban J connectivity index is 1.50. The Morgan fingerprint density at radius 2 is 1.83 bits per heavy atom. The van der Waals surface area contributed by atoms with Gasteiger partial charge in [-0.25, -0.2) is 0 Å². The maximum atomic E-state index is 11.9. The van der Waals surface area contributed by atoms with E-state index in [0.29, 0.717) is 42.6 Å². The maximum Gasteiger partial charge on any atom is 0.305 e. The predicted molar refractivity (Wildman–Crippen MR) is 118 cm³/mol. The summed E-state index contributed by atoms with van der Waals surface area (Å²) < 4.78 is 5.14. The van der Waals surface area contributed by atoms with E-state index in [2.05, 4.69) is 20.8 Å². The Morgan fingerprint density at radius 3 is 2.57 bits per heavy atom. The third-order valence-corrected chi connectivity index (χ3v) is 10.6. The molecule has 8 unspecified atom stereocenters. The first-order valence-electron chi connectivity index (χ1n) is 12.7. The average Bonchev–Trinajstić information content (AvgIpc) is 3.07. The molecule has 0 aromatic heterocycles. The van der Waals surface area contributed by atoms with Gasteiger partial charge >= 0.3 is 5.97 Å². The molecular formula is C26H44O4. The average molecular weight is 421 g/mol. The predicted octanol–water partition coefficient (Wildman–Crippen LogP) is 4.96. The Bertz CT molecular complexity index is 635. The van der Waals surface area contributed by atoms with Crippen LogP contribution in [0.5, 0.6) is 0 Å². The van der Waals surface area contributed by atoms with Crippen LogP contribution in [-0.2, 0) is 9.53 Å². The van der Waals surface area contributed by atoms with E-state index in [1.54, 1.807) is 0 Å². The topological polar surface area (TPSA) is 66.8 Å². The van der Waals surface area contributed by atoms with Crippen molar-refractivity contribution in [2.75, 3.05) is 6.61 Å². The van der Waals surface area contributed by atoms with Crippen LogP contribution in [0.15, 0.2) is 0 Å². The summed E-state index contributed by atoms with van der Waals surface area (Å²) in [5.41, 5.74) is 0.269. The molecule has 0 aliphatic heterocycles. The standard InChI is InChI=1S/C26H44O4/c1-5-30-24(29)11-6-16(2)20-9-10-21-19-8-7-17-14-18(27)12-13-25(17,3)22(19)15-23(28)26(20,21)4/h16-23,27-28H,5-15H2,1-4H3/t16?,17?,18?,19?,20?,21?,22?,23?,25-,26+/m0/s1. The Labute approximate surface area is 183 Å². The lowest BCUT2D eigenvalue weighted by Crippen LogP contribution is -2.58. The van der Waals surface area contributed by atoms with Crippen LogP contribution in [0.1, 0.15) is 91.9 Å². The second-order valence-electron chi connectivity index (χ2n) is 11.7. The van der Waals surface area contributed by atoms with Crippen molar-refractivity contribution in [1.82, 2.24) is 0 Å².